The molecule has 0 aromatic carbocycles. The zero-order valence-electron chi connectivity index (χ0n) is 37.2. The average Bonchev–Trinajstić information content (AvgIpc) is 3.48. The average molecular weight is 774 g/mol. The van der Waals surface area contributed by atoms with Gasteiger partial charge in [0.15, 0.2) is 0 Å². The Bertz CT molecular complexity index is 963. The number of likely N-dealkylation sites (N-methyl/N-ethyl adjacent to an activating group) is 1. The number of allylic oxidation sites excluding steroid dienone is 2. The van der Waals surface area contributed by atoms with Gasteiger partial charge in [-0.15, -0.1) is 0 Å². The number of ether oxygens (including phenoxy) is 2. The van der Waals surface area contributed by atoms with Crippen LogP contribution >= 0.6 is 0 Å². The highest BCUT2D eigenvalue weighted by Crippen LogP contribution is 2.39. The molecule has 0 saturated carbocycles. The van der Waals surface area contributed by atoms with Gasteiger partial charge in [-0.25, -0.2) is 0 Å². The number of hydrogen-bond acceptors (Lipinski definition) is 6. The van der Waals surface area contributed by atoms with Gasteiger partial charge in [0.2, 0.25) is 5.91 Å². The Labute approximate surface area is 341 Å². The van der Waals surface area contributed by atoms with Gasteiger partial charge in [-0.05, 0) is 71.8 Å². The lowest BCUT2D eigenvalue weighted by Crippen LogP contribution is -2.49. The summed E-state index contributed by atoms with van der Waals surface area (Å²) in [6.07, 6.45) is 39.9. The van der Waals surface area contributed by atoms with Crippen molar-refractivity contribution >= 4 is 11.9 Å². The lowest BCUT2D eigenvalue weighted by molar-refractivity contribution is -0.148. The molecule has 1 amide bonds. The maximum Gasteiger partial charge on any atom is 0.307 e. The van der Waals surface area contributed by atoms with Crippen molar-refractivity contribution in [1.82, 2.24) is 15.1 Å². The van der Waals surface area contributed by atoms with E-state index in [2.05, 4.69) is 62.0 Å². The second-order valence-corrected chi connectivity index (χ2v) is 18.1. The Morgan fingerprint density at radius 1 is 0.691 bits per heavy atom. The number of nitrogens with zero attached hydrogens (tertiary/aromatic N) is 2. The maximum absolute atomic E-state index is 13.4. The van der Waals surface area contributed by atoms with Gasteiger partial charge in [-0.3, -0.25) is 9.59 Å². The van der Waals surface area contributed by atoms with Crippen molar-refractivity contribution in [2.24, 2.45) is 5.92 Å². The molecule has 2 heterocycles. The molecule has 0 spiro atoms. The Kier molecular flexibility index (Phi) is 29.4. The molecule has 322 valence electrons. The smallest absolute Gasteiger partial charge is 0.307 e. The first kappa shape index (κ1) is 49.7. The number of rotatable bonds is 35. The summed E-state index contributed by atoms with van der Waals surface area (Å²) in [6, 6.07) is -0.313. The molecule has 2 aliphatic rings. The number of carbonyl (C=O) groups is 2. The summed E-state index contributed by atoms with van der Waals surface area (Å²) in [6.45, 7) is 13.9. The van der Waals surface area contributed by atoms with Crippen LogP contribution in [0.1, 0.15) is 214 Å². The van der Waals surface area contributed by atoms with Gasteiger partial charge in [-0.1, -0.05) is 154 Å². The SMILES string of the molecule is CCCCCCCC/C=C\CCCCCCCC(=O)N[C@@H](COC(=O)CCN1CCN(C)CC1)[C@@H]1OC(C)(C)C[C@@H]1CCCCCCCCCCCCCC. The first-order valence-corrected chi connectivity index (χ1v) is 23.9. The highest BCUT2D eigenvalue weighted by Gasteiger charge is 2.44. The molecule has 2 saturated heterocycles. The van der Waals surface area contributed by atoms with E-state index in [-0.39, 0.29) is 36.2 Å². The molecule has 1 N–H and O–H groups in total. The fourth-order valence-electron chi connectivity index (χ4n) is 8.61. The summed E-state index contributed by atoms with van der Waals surface area (Å²) in [5.41, 5.74) is -0.246. The predicted molar refractivity (Wildman–Crippen MR) is 234 cm³/mol. The molecule has 7 heteroatoms. The summed E-state index contributed by atoms with van der Waals surface area (Å²) in [5.74, 6) is 0.242. The van der Waals surface area contributed by atoms with E-state index in [0.717, 1.165) is 58.4 Å². The summed E-state index contributed by atoms with van der Waals surface area (Å²) in [4.78, 5) is 31.0. The third-order valence-electron chi connectivity index (χ3n) is 12.2. The van der Waals surface area contributed by atoms with Crippen LogP contribution in [-0.4, -0.2) is 85.8 Å². The standard InChI is InChI=1S/C48H91N3O4/c1-6-8-10-12-14-16-18-20-21-22-24-26-28-30-32-34-45(52)49-44(42-54-46(53)35-36-51-39-37-50(5)38-40-51)47-43(41-48(3,4)55-47)33-31-29-27-25-23-19-17-15-13-11-9-7-2/h20-21,43-44,47H,6-19,22-42H2,1-5H3,(H,49,52)/b21-20-/t43-,44-,47+/m0/s1. The summed E-state index contributed by atoms with van der Waals surface area (Å²) >= 11 is 0. The summed E-state index contributed by atoms with van der Waals surface area (Å²) < 4.78 is 12.6. The maximum atomic E-state index is 13.4. The Hall–Kier alpha value is -1.44. The molecule has 0 aromatic rings. The van der Waals surface area contributed by atoms with Gasteiger partial charge >= 0.3 is 5.97 Å². The lowest BCUT2D eigenvalue weighted by atomic mass is 9.86. The molecule has 2 rings (SSSR count). The molecule has 0 aliphatic carbocycles. The number of esters is 1. The van der Waals surface area contributed by atoms with Crippen molar-refractivity contribution in [3.63, 3.8) is 0 Å². The Morgan fingerprint density at radius 3 is 1.73 bits per heavy atom. The Balaban J connectivity index is 1.76. The van der Waals surface area contributed by atoms with Gasteiger partial charge in [0, 0.05) is 39.1 Å². The van der Waals surface area contributed by atoms with Crippen LogP contribution in [0.4, 0.5) is 0 Å². The quantitative estimate of drug-likeness (QED) is 0.0393. The van der Waals surface area contributed by atoms with Gasteiger partial charge < -0.3 is 24.6 Å². The number of carbonyl (C=O) groups excluding carboxylic acids is 2. The Morgan fingerprint density at radius 2 is 1.18 bits per heavy atom. The summed E-state index contributed by atoms with van der Waals surface area (Å²) in [5, 5.41) is 3.32. The first-order chi connectivity index (χ1) is 26.7. The monoisotopic (exact) mass is 774 g/mol. The molecular weight excluding hydrogens is 683 g/mol. The predicted octanol–water partition coefficient (Wildman–Crippen LogP) is 12.0. The topological polar surface area (TPSA) is 71.1 Å². The van der Waals surface area contributed by atoms with Crippen molar-refractivity contribution in [3.05, 3.63) is 12.2 Å². The molecule has 7 nitrogen and oxygen atoms in total. The van der Waals surface area contributed by atoms with Gasteiger partial charge in [0.25, 0.3) is 0 Å². The zero-order valence-corrected chi connectivity index (χ0v) is 37.2. The van der Waals surface area contributed by atoms with E-state index >= 15 is 0 Å². The molecule has 2 fully saturated rings. The molecule has 0 bridgehead atoms. The minimum Gasteiger partial charge on any atom is -0.463 e. The van der Waals surface area contributed by atoms with Gasteiger partial charge in [0.05, 0.1) is 24.2 Å². The van der Waals surface area contributed by atoms with E-state index in [4.69, 9.17) is 9.47 Å². The minimum absolute atomic E-state index is 0.0635. The molecule has 55 heavy (non-hydrogen) atoms. The molecule has 0 radical (unpaired) electrons. The van der Waals surface area contributed by atoms with Crippen molar-refractivity contribution in [2.45, 2.75) is 232 Å². The van der Waals surface area contributed by atoms with E-state index in [1.54, 1.807) is 0 Å². The second-order valence-electron chi connectivity index (χ2n) is 18.1. The second kappa shape index (κ2) is 32.5. The number of hydrogen-bond donors (Lipinski definition) is 1. The van der Waals surface area contributed by atoms with Crippen molar-refractivity contribution < 1.29 is 19.1 Å². The van der Waals surface area contributed by atoms with Crippen LogP contribution in [0.5, 0.6) is 0 Å². The highest BCUT2D eigenvalue weighted by atomic mass is 16.5. The third kappa shape index (κ3) is 26.2. The van der Waals surface area contributed by atoms with Crippen molar-refractivity contribution in [1.29, 1.82) is 0 Å². The van der Waals surface area contributed by atoms with E-state index < -0.39 is 0 Å². The molecule has 0 aromatic heterocycles. The third-order valence-corrected chi connectivity index (χ3v) is 12.2. The van der Waals surface area contributed by atoms with Crippen LogP contribution in [0.3, 0.4) is 0 Å². The summed E-state index contributed by atoms with van der Waals surface area (Å²) in [7, 11) is 2.15. The van der Waals surface area contributed by atoms with Crippen molar-refractivity contribution in [3.8, 4) is 0 Å². The van der Waals surface area contributed by atoms with Crippen LogP contribution in [-0.2, 0) is 19.1 Å². The van der Waals surface area contributed by atoms with Crippen LogP contribution in [0.25, 0.3) is 0 Å². The van der Waals surface area contributed by atoms with Crippen LogP contribution in [0.2, 0.25) is 0 Å². The van der Waals surface area contributed by atoms with E-state index in [0.29, 0.717) is 18.8 Å². The van der Waals surface area contributed by atoms with Crippen LogP contribution in [0.15, 0.2) is 12.2 Å². The van der Waals surface area contributed by atoms with Gasteiger partial charge in [0.1, 0.15) is 6.61 Å². The van der Waals surface area contributed by atoms with Crippen LogP contribution < -0.4 is 5.32 Å². The fraction of sp³-hybridized carbons (Fsp3) is 0.917. The van der Waals surface area contributed by atoms with Crippen molar-refractivity contribution in [2.75, 3.05) is 46.4 Å². The first-order valence-electron chi connectivity index (χ1n) is 23.9. The van der Waals surface area contributed by atoms with Crippen LogP contribution in [0, 0.1) is 5.92 Å². The number of unbranched alkanes of at least 4 members (excludes halogenated alkanes) is 22. The molecule has 3 atom stereocenters. The van der Waals surface area contributed by atoms with E-state index in [1.807, 2.05) is 0 Å². The number of nitrogens with one attached hydrogen (secondary N) is 1. The van der Waals surface area contributed by atoms with E-state index in [9.17, 15) is 9.59 Å². The largest absolute Gasteiger partial charge is 0.463 e. The number of amides is 1. The van der Waals surface area contributed by atoms with Gasteiger partial charge in [-0.2, -0.15) is 0 Å². The fourth-order valence-corrected chi connectivity index (χ4v) is 8.61. The molecular formula is C48H91N3O4. The molecule has 0 unspecified atom stereocenters. The van der Waals surface area contributed by atoms with E-state index in [1.165, 1.54) is 148 Å². The molecule has 2 aliphatic heterocycles. The minimum atomic E-state index is -0.313. The zero-order chi connectivity index (χ0) is 39.8. The normalized spacial score (nSPS) is 19.7. The lowest BCUT2D eigenvalue weighted by Gasteiger charge is -2.32. The number of piperazine rings is 1. The highest BCUT2D eigenvalue weighted by molar-refractivity contribution is 5.76.